The lowest BCUT2D eigenvalue weighted by molar-refractivity contribution is -0.253. The molecular formula is C29H22ClF4N3O4. The minimum Gasteiger partial charge on any atom is -0.478 e. The molecular weight excluding hydrogens is 566 g/mol. The van der Waals surface area contributed by atoms with Gasteiger partial charge in [-0.15, -0.1) is 0 Å². The maximum atomic E-state index is 13.8. The summed E-state index contributed by atoms with van der Waals surface area (Å²) in [5, 5.41) is 15.1. The molecule has 0 aliphatic heterocycles. The standard InChI is InChI=1S/C29H22ClF4N3O4/c30-20-13-14-24(35-17-20)28(16-18-7-2-1-3-8-18,19-9-6-10-21(15-19)41-29(33,34)26(31)32)37-27(40)36-23-12-5-4-11-22(23)25(38)39/h1-15,17,26H,16H2,(H,38,39)(H2,36,37,40). The number of amides is 2. The van der Waals surface area contributed by atoms with Crippen molar-refractivity contribution in [1.29, 1.82) is 0 Å². The van der Waals surface area contributed by atoms with Crippen LogP contribution in [0.3, 0.4) is 0 Å². The number of ether oxygens (including phenoxy) is 1. The Morgan fingerprint density at radius 2 is 1.66 bits per heavy atom. The fourth-order valence-electron chi connectivity index (χ4n) is 4.20. The number of hydrogen-bond acceptors (Lipinski definition) is 4. The predicted octanol–water partition coefficient (Wildman–Crippen LogP) is 6.98. The van der Waals surface area contributed by atoms with Crippen molar-refractivity contribution in [2.75, 3.05) is 5.32 Å². The van der Waals surface area contributed by atoms with Crippen LogP contribution in [0.25, 0.3) is 0 Å². The maximum absolute atomic E-state index is 13.8. The van der Waals surface area contributed by atoms with E-state index in [1.807, 2.05) is 0 Å². The highest BCUT2D eigenvalue weighted by Crippen LogP contribution is 2.36. The molecule has 4 aromatic rings. The van der Waals surface area contributed by atoms with Crippen molar-refractivity contribution in [2.24, 2.45) is 0 Å². The van der Waals surface area contributed by atoms with Gasteiger partial charge in [0.05, 0.1) is 22.0 Å². The Bertz CT molecular complexity index is 1520. The first-order valence-electron chi connectivity index (χ1n) is 12.0. The number of alkyl halides is 4. The molecule has 0 saturated heterocycles. The first-order chi connectivity index (χ1) is 19.5. The number of aromatic carboxylic acids is 1. The fraction of sp³-hybridized carbons (Fsp3) is 0.138. The molecule has 3 aromatic carbocycles. The van der Waals surface area contributed by atoms with Gasteiger partial charge in [0, 0.05) is 12.6 Å². The molecule has 1 unspecified atom stereocenters. The van der Waals surface area contributed by atoms with Crippen LogP contribution in [-0.4, -0.2) is 34.6 Å². The highest BCUT2D eigenvalue weighted by molar-refractivity contribution is 6.30. The topological polar surface area (TPSA) is 101 Å². The number of urea groups is 1. The quantitative estimate of drug-likeness (QED) is 0.174. The number of carboxylic acids is 1. The van der Waals surface area contributed by atoms with Gasteiger partial charge in [-0.25, -0.2) is 9.59 Å². The molecule has 0 fully saturated rings. The van der Waals surface area contributed by atoms with Gasteiger partial charge in [-0.05, 0) is 47.5 Å². The molecule has 0 aliphatic rings. The zero-order valence-corrected chi connectivity index (χ0v) is 21.8. The molecule has 2 amide bonds. The number of aromatic nitrogens is 1. The summed E-state index contributed by atoms with van der Waals surface area (Å²) in [5.41, 5.74) is -0.757. The molecule has 1 atom stereocenters. The van der Waals surface area contributed by atoms with Crippen LogP contribution in [0.1, 0.15) is 27.2 Å². The number of benzene rings is 3. The normalized spacial score (nSPS) is 12.8. The van der Waals surface area contributed by atoms with Crippen molar-refractivity contribution in [3.8, 4) is 5.75 Å². The third-order valence-corrected chi connectivity index (χ3v) is 6.27. The third kappa shape index (κ3) is 6.93. The first kappa shape index (κ1) is 29.3. The number of para-hydroxylation sites is 1. The van der Waals surface area contributed by atoms with Crippen molar-refractivity contribution in [3.63, 3.8) is 0 Å². The lowest BCUT2D eigenvalue weighted by atomic mass is 9.80. The molecule has 12 heteroatoms. The van der Waals surface area contributed by atoms with Crippen molar-refractivity contribution in [1.82, 2.24) is 10.3 Å². The average molecular weight is 588 g/mol. The van der Waals surface area contributed by atoms with E-state index in [0.717, 1.165) is 12.1 Å². The second-order valence-electron chi connectivity index (χ2n) is 8.85. The number of anilines is 1. The van der Waals surface area contributed by atoms with E-state index in [4.69, 9.17) is 11.6 Å². The smallest absolute Gasteiger partial charge is 0.461 e. The van der Waals surface area contributed by atoms with E-state index in [1.165, 1.54) is 54.7 Å². The maximum Gasteiger partial charge on any atom is 0.461 e. The number of nitrogens with one attached hydrogen (secondary N) is 2. The molecule has 0 spiro atoms. The minimum atomic E-state index is -4.77. The third-order valence-electron chi connectivity index (χ3n) is 6.04. The van der Waals surface area contributed by atoms with Crippen LogP contribution in [-0.2, 0) is 12.0 Å². The number of carboxylic acid groups (broad SMARTS) is 1. The summed E-state index contributed by atoms with van der Waals surface area (Å²) in [4.78, 5) is 29.6. The summed E-state index contributed by atoms with van der Waals surface area (Å²) < 4.78 is 57.7. The highest BCUT2D eigenvalue weighted by Gasteiger charge is 2.44. The number of hydrogen-bond donors (Lipinski definition) is 3. The van der Waals surface area contributed by atoms with E-state index < -0.39 is 35.8 Å². The largest absolute Gasteiger partial charge is 0.478 e. The Morgan fingerprint density at radius 1 is 0.951 bits per heavy atom. The number of nitrogens with zero attached hydrogens (tertiary/aromatic N) is 1. The summed E-state index contributed by atoms with van der Waals surface area (Å²) in [6, 6.07) is 21.6. The Labute approximate surface area is 236 Å². The zero-order chi connectivity index (χ0) is 29.6. The van der Waals surface area contributed by atoms with Gasteiger partial charge in [0.25, 0.3) is 0 Å². The second kappa shape index (κ2) is 12.3. The summed E-state index contributed by atoms with van der Waals surface area (Å²) >= 11 is 6.06. The molecule has 4 rings (SSSR count). The Hall–Kier alpha value is -4.64. The van der Waals surface area contributed by atoms with Crippen LogP contribution in [0, 0.1) is 0 Å². The summed E-state index contributed by atoms with van der Waals surface area (Å²) in [5.74, 6) is -1.86. The number of carbonyl (C=O) groups excluding carboxylic acids is 1. The highest BCUT2D eigenvalue weighted by atomic mass is 35.5. The summed E-state index contributed by atoms with van der Waals surface area (Å²) in [6.45, 7) is 0. The van der Waals surface area contributed by atoms with Crippen molar-refractivity contribution in [3.05, 3.63) is 125 Å². The molecule has 41 heavy (non-hydrogen) atoms. The Morgan fingerprint density at radius 3 is 2.32 bits per heavy atom. The molecule has 0 saturated carbocycles. The van der Waals surface area contributed by atoms with E-state index in [1.54, 1.807) is 30.3 Å². The van der Waals surface area contributed by atoms with Gasteiger partial charge < -0.3 is 20.5 Å². The van der Waals surface area contributed by atoms with Crippen molar-refractivity contribution in [2.45, 2.75) is 24.5 Å². The average Bonchev–Trinajstić information content (AvgIpc) is 2.93. The number of halogens is 5. The van der Waals surface area contributed by atoms with Gasteiger partial charge in [-0.1, -0.05) is 66.2 Å². The Kier molecular flexibility index (Phi) is 8.77. The number of pyridine rings is 1. The fourth-order valence-corrected chi connectivity index (χ4v) is 4.32. The molecule has 1 aromatic heterocycles. The molecule has 0 aliphatic carbocycles. The minimum absolute atomic E-state index is 0.00512. The molecule has 7 nitrogen and oxygen atoms in total. The van der Waals surface area contributed by atoms with Gasteiger partial charge >= 0.3 is 24.5 Å². The van der Waals surface area contributed by atoms with E-state index in [9.17, 15) is 32.3 Å². The van der Waals surface area contributed by atoms with E-state index >= 15 is 0 Å². The summed E-state index contributed by atoms with van der Waals surface area (Å²) in [6.07, 6.45) is -7.53. The first-order valence-corrected chi connectivity index (χ1v) is 12.4. The molecule has 0 bridgehead atoms. The van der Waals surface area contributed by atoms with Crippen LogP contribution in [0.15, 0.2) is 97.2 Å². The van der Waals surface area contributed by atoms with E-state index in [-0.39, 0.29) is 34.0 Å². The van der Waals surface area contributed by atoms with Gasteiger partial charge in [0.1, 0.15) is 11.3 Å². The monoisotopic (exact) mass is 587 g/mol. The lowest BCUT2D eigenvalue weighted by Crippen LogP contribution is -2.50. The van der Waals surface area contributed by atoms with Crippen LogP contribution >= 0.6 is 11.6 Å². The zero-order valence-electron chi connectivity index (χ0n) is 21.0. The van der Waals surface area contributed by atoms with Crippen LogP contribution in [0.4, 0.5) is 28.0 Å². The number of carbonyl (C=O) groups is 2. The SMILES string of the molecule is O=C(Nc1ccccc1C(=O)O)NC(Cc1ccccc1)(c1cccc(OC(F)(F)C(F)F)c1)c1ccc(Cl)cn1. The van der Waals surface area contributed by atoms with Gasteiger partial charge in [0.15, 0.2) is 0 Å². The molecule has 1 heterocycles. The van der Waals surface area contributed by atoms with Crippen LogP contribution < -0.4 is 15.4 Å². The van der Waals surface area contributed by atoms with Gasteiger partial charge in [-0.3, -0.25) is 4.98 Å². The lowest BCUT2D eigenvalue weighted by Gasteiger charge is -2.36. The van der Waals surface area contributed by atoms with Crippen LogP contribution in [0.2, 0.25) is 5.02 Å². The van der Waals surface area contributed by atoms with Crippen molar-refractivity contribution < 1.29 is 37.0 Å². The molecule has 212 valence electrons. The van der Waals surface area contributed by atoms with Crippen molar-refractivity contribution >= 4 is 29.3 Å². The van der Waals surface area contributed by atoms with Gasteiger partial charge in [0.2, 0.25) is 0 Å². The predicted molar refractivity (Wildman–Crippen MR) is 144 cm³/mol. The number of rotatable bonds is 10. The summed E-state index contributed by atoms with van der Waals surface area (Å²) in [7, 11) is 0. The molecule has 0 radical (unpaired) electrons. The van der Waals surface area contributed by atoms with E-state index in [0.29, 0.717) is 5.56 Å². The van der Waals surface area contributed by atoms with Crippen LogP contribution in [0.5, 0.6) is 5.75 Å². The Balaban J connectivity index is 1.86. The van der Waals surface area contributed by atoms with Gasteiger partial charge in [-0.2, -0.15) is 17.6 Å². The second-order valence-corrected chi connectivity index (χ2v) is 9.29. The molecule has 3 N–H and O–H groups in total. The van der Waals surface area contributed by atoms with E-state index in [2.05, 4.69) is 20.4 Å².